The summed E-state index contributed by atoms with van der Waals surface area (Å²) in [7, 11) is 9.30. The molecule has 0 aliphatic carbocycles. The van der Waals surface area contributed by atoms with Crippen molar-refractivity contribution >= 4 is 14.1 Å². The van der Waals surface area contributed by atoms with E-state index in [2.05, 4.69) is 125 Å². The van der Waals surface area contributed by atoms with Gasteiger partial charge in [0, 0.05) is 35.2 Å². The molecule has 0 radical (unpaired) electrons. The van der Waals surface area contributed by atoms with Crippen molar-refractivity contribution in [3.05, 3.63) is 0 Å². The molecule has 0 aliphatic heterocycles. The highest BCUT2D eigenvalue weighted by Gasteiger charge is 2.61. The van der Waals surface area contributed by atoms with Crippen molar-refractivity contribution in [2.24, 2.45) is 15.8 Å². The molecule has 0 atom stereocenters. The Balaban J connectivity index is 6.08. The summed E-state index contributed by atoms with van der Waals surface area (Å²) >= 11 is 0. The lowest BCUT2D eigenvalue weighted by Crippen LogP contribution is -2.49. The van der Waals surface area contributed by atoms with Crippen LogP contribution in [0.5, 0.6) is 0 Å². The van der Waals surface area contributed by atoms with Gasteiger partial charge in [0.1, 0.15) is 11.5 Å². The Hall–Kier alpha value is -0.180. The molecule has 0 aromatic rings. The molecule has 4 nitrogen and oxygen atoms in total. The van der Waals surface area contributed by atoms with Crippen LogP contribution in [0.4, 0.5) is 0 Å². The van der Waals surface area contributed by atoms with Crippen LogP contribution >= 0.6 is 7.71 Å². The van der Waals surface area contributed by atoms with Gasteiger partial charge in [-0.25, -0.2) is 4.67 Å². The smallest absolute Gasteiger partial charge is 0.254 e. The maximum Gasteiger partial charge on any atom is 0.254 e. The van der Waals surface area contributed by atoms with Crippen molar-refractivity contribution in [1.29, 1.82) is 0 Å². The molecular weight excluding hydrogens is 351 g/mol. The van der Waals surface area contributed by atoms with Crippen LogP contribution in [0.3, 0.4) is 0 Å². The Kier molecular flexibility index (Phi) is 8.62. The van der Waals surface area contributed by atoms with Gasteiger partial charge in [-0.1, -0.05) is 41.5 Å². The lowest BCUT2D eigenvalue weighted by molar-refractivity contribution is 0.287. The highest BCUT2D eigenvalue weighted by Crippen LogP contribution is 2.74. The minimum absolute atomic E-state index is 0.0744. The number of rotatable bonds is 8. The number of aliphatic imine (C=N–C) groups is 1. The second-order valence-corrected chi connectivity index (χ2v) is 16.8. The average Bonchev–Trinajstić information content (AvgIpc) is 2.29. The molecule has 0 aromatic carbocycles. The maximum absolute atomic E-state index is 5.06. The summed E-state index contributed by atoms with van der Waals surface area (Å²) in [6.07, 6.45) is 4.32. The van der Waals surface area contributed by atoms with E-state index in [0.29, 0.717) is 0 Å². The first-order valence-electron chi connectivity index (χ1n) is 10.2. The number of nitrogens with zero attached hydrogens (tertiary/aromatic N) is 4. The van der Waals surface area contributed by atoms with E-state index in [-0.39, 0.29) is 21.5 Å². The summed E-state index contributed by atoms with van der Waals surface area (Å²) in [5.41, 5.74) is 0.458. The molecule has 0 rings (SSSR count). The van der Waals surface area contributed by atoms with Crippen LogP contribution in [0, 0.1) is 10.8 Å². The lowest BCUT2D eigenvalue weighted by Gasteiger charge is -2.51. The van der Waals surface area contributed by atoms with Crippen LogP contribution in [0.2, 0.25) is 0 Å². The largest absolute Gasteiger partial charge is 0.266 e. The normalized spacial score (nSPS) is 15.3. The fourth-order valence-electron chi connectivity index (χ4n) is 5.49. The molecule has 0 saturated carbocycles. The minimum atomic E-state index is -1.82. The quantitative estimate of drug-likeness (QED) is 0.272. The SMILES string of the molecule is CN(C)[P+](N(C)C)(N(C)C=NC(C)(C)CC(C)(C)C)C(C)(C)CC(C)(C)C. The van der Waals surface area contributed by atoms with Gasteiger partial charge in [0.2, 0.25) is 0 Å². The van der Waals surface area contributed by atoms with Crippen molar-refractivity contribution in [2.75, 3.05) is 35.2 Å². The highest BCUT2D eigenvalue weighted by molar-refractivity contribution is 7.71. The maximum atomic E-state index is 5.06. The molecule has 27 heavy (non-hydrogen) atoms. The molecular formula is C22H50N4P+. The van der Waals surface area contributed by atoms with Gasteiger partial charge < -0.3 is 0 Å². The van der Waals surface area contributed by atoms with Gasteiger partial charge in [-0.05, 0) is 51.4 Å². The van der Waals surface area contributed by atoms with E-state index in [0.717, 1.165) is 12.8 Å². The Morgan fingerprint density at radius 2 is 1.04 bits per heavy atom. The van der Waals surface area contributed by atoms with E-state index < -0.39 is 7.71 Å². The van der Waals surface area contributed by atoms with Crippen LogP contribution in [-0.4, -0.2) is 66.3 Å². The number of hydrogen-bond acceptors (Lipinski definition) is 3. The van der Waals surface area contributed by atoms with Crippen LogP contribution in [0.15, 0.2) is 4.99 Å². The summed E-state index contributed by atoms with van der Waals surface area (Å²) in [6, 6.07) is 0. The molecule has 0 amide bonds. The van der Waals surface area contributed by atoms with Gasteiger partial charge in [0.05, 0.1) is 5.54 Å². The van der Waals surface area contributed by atoms with E-state index in [1.54, 1.807) is 0 Å². The van der Waals surface area contributed by atoms with Gasteiger partial charge in [0.25, 0.3) is 7.71 Å². The molecule has 162 valence electrons. The molecule has 0 bridgehead atoms. The van der Waals surface area contributed by atoms with Gasteiger partial charge in [-0.15, -0.1) is 0 Å². The average molecular weight is 402 g/mol. The minimum Gasteiger partial charge on any atom is -0.266 e. The lowest BCUT2D eigenvalue weighted by atomic mass is 9.82. The third-order valence-electron chi connectivity index (χ3n) is 4.87. The third-order valence-corrected chi connectivity index (χ3v) is 9.86. The second kappa shape index (κ2) is 8.67. The van der Waals surface area contributed by atoms with Crippen molar-refractivity contribution in [1.82, 2.24) is 14.0 Å². The second-order valence-electron chi connectivity index (χ2n) is 12.2. The predicted molar refractivity (Wildman–Crippen MR) is 127 cm³/mol. The molecule has 0 aliphatic rings. The summed E-state index contributed by atoms with van der Waals surface area (Å²) in [6.45, 7) is 23.2. The Labute approximate surface area is 172 Å². The summed E-state index contributed by atoms with van der Waals surface area (Å²) in [5.74, 6) is 0. The van der Waals surface area contributed by atoms with E-state index in [9.17, 15) is 0 Å². The first-order chi connectivity index (χ1) is 11.7. The van der Waals surface area contributed by atoms with Crippen molar-refractivity contribution in [3.63, 3.8) is 0 Å². The first-order valence-corrected chi connectivity index (χ1v) is 11.9. The van der Waals surface area contributed by atoms with Crippen molar-refractivity contribution in [2.45, 2.75) is 92.8 Å². The summed E-state index contributed by atoms with van der Waals surface area (Å²) in [5, 5.41) is 0.118. The Morgan fingerprint density at radius 3 is 1.33 bits per heavy atom. The van der Waals surface area contributed by atoms with Crippen LogP contribution in [-0.2, 0) is 0 Å². The van der Waals surface area contributed by atoms with Crippen molar-refractivity contribution in [3.8, 4) is 0 Å². The van der Waals surface area contributed by atoms with E-state index in [4.69, 9.17) is 4.99 Å². The first kappa shape index (κ1) is 26.8. The topological polar surface area (TPSA) is 22.1 Å². The van der Waals surface area contributed by atoms with E-state index in [1.165, 1.54) is 0 Å². The zero-order valence-corrected chi connectivity index (χ0v) is 22.1. The van der Waals surface area contributed by atoms with Crippen molar-refractivity contribution < 1.29 is 0 Å². The predicted octanol–water partition coefficient (Wildman–Crippen LogP) is 6.26. The van der Waals surface area contributed by atoms with Crippen LogP contribution < -0.4 is 0 Å². The molecule has 0 spiro atoms. The molecule has 0 heterocycles. The van der Waals surface area contributed by atoms with Gasteiger partial charge >= 0.3 is 0 Å². The van der Waals surface area contributed by atoms with E-state index in [1.807, 2.05) is 0 Å². The molecule has 0 saturated heterocycles. The summed E-state index contributed by atoms with van der Waals surface area (Å²) in [4.78, 5) is 5.06. The molecule has 0 unspecified atom stereocenters. The molecule has 0 N–H and O–H groups in total. The Bertz CT molecular complexity index is 485. The summed E-state index contributed by atoms with van der Waals surface area (Å²) < 4.78 is 7.31. The van der Waals surface area contributed by atoms with Crippen LogP contribution in [0.25, 0.3) is 0 Å². The fraction of sp³-hybridized carbons (Fsp3) is 0.955. The van der Waals surface area contributed by atoms with Gasteiger partial charge in [-0.2, -0.15) is 9.34 Å². The van der Waals surface area contributed by atoms with Crippen LogP contribution in [0.1, 0.15) is 82.1 Å². The Morgan fingerprint density at radius 1 is 0.667 bits per heavy atom. The van der Waals surface area contributed by atoms with Gasteiger partial charge in [-0.3, -0.25) is 4.99 Å². The monoisotopic (exact) mass is 401 g/mol. The standard InChI is InChI=1S/C22H50N4P/c1-19(2,3)16-21(7,8)23-18-26(15)27(24(11)12,25(13)14)22(9,10)17-20(4,5)6/h18H,16-17H2,1-15H3/q+1. The zero-order valence-electron chi connectivity index (χ0n) is 21.2. The molecule has 0 fully saturated rings. The number of hydrogen-bond donors (Lipinski definition) is 0. The van der Waals surface area contributed by atoms with E-state index >= 15 is 0 Å². The zero-order chi connectivity index (χ0) is 22.1. The molecule has 0 aromatic heterocycles. The fourth-order valence-corrected chi connectivity index (χ4v) is 11.2. The highest BCUT2D eigenvalue weighted by atomic mass is 31.2. The molecule has 5 heteroatoms. The van der Waals surface area contributed by atoms with Gasteiger partial charge in [0.15, 0.2) is 0 Å². The third kappa shape index (κ3) is 7.29.